The van der Waals surface area contributed by atoms with E-state index in [9.17, 15) is 14.4 Å². The van der Waals surface area contributed by atoms with Crippen molar-refractivity contribution in [3.8, 4) is 0 Å². The summed E-state index contributed by atoms with van der Waals surface area (Å²) < 4.78 is 14.1. The molecule has 0 amide bonds. The standard InChI is InChI=1S/C8H19O4P.2Na/c1-8(2)6-4-3-5-7-12-13(9,10)11;;/h8H,3-7H2,1-2H3,(H2,9,10,11);;/q;2*+1/p-2. The fourth-order valence-corrected chi connectivity index (χ4v) is 1.36. The topological polar surface area (TPSA) is 72.4 Å². The van der Waals surface area contributed by atoms with E-state index in [0.717, 1.165) is 19.3 Å². The number of rotatable bonds is 7. The van der Waals surface area contributed by atoms with Crippen molar-refractivity contribution in [1.29, 1.82) is 0 Å². The van der Waals surface area contributed by atoms with Crippen molar-refractivity contribution in [2.75, 3.05) is 6.61 Å². The molecule has 0 saturated carbocycles. The quantitative estimate of drug-likeness (QED) is 0.259. The summed E-state index contributed by atoms with van der Waals surface area (Å²) in [6.07, 6.45) is 3.74. The molecule has 0 N–H and O–H groups in total. The third-order valence-corrected chi connectivity index (χ3v) is 2.17. The molecule has 0 atom stereocenters. The molecule has 0 aromatic heterocycles. The summed E-state index contributed by atoms with van der Waals surface area (Å²) in [4.78, 5) is 20.0. The van der Waals surface area contributed by atoms with Crippen LogP contribution in [0.4, 0.5) is 0 Å². The molecule has 0 aliphatic rings. The Morgan fingerprint density at radius 1 is 1.13 bits per heavy atom. The zero-order valence-electron chi connectivity index (χ0n) is 10.2. The summed E-state index contributed by atoms with van der Waals surface area (Å²) >= 11 is 0. The molecular formula is C8H17Na2O4P. The largest absolute Gasteiger partial charge is 1.00 e. The van der Waals surface area contributed by atoms with Gasteiger partial charge in [0.15, 0.2) is 0 Å². The predicted octanol–water partition coefficient (Wildman–Crippen LogP) is -4.94. The first kappa shape index (κ1) is 22.3. The summed E-state index contributed by atoms with van der Waals surface area (Å²) in [7, 11) is -4.73. The average Bonchev–Trinajstić information content (AvgIpc) is 1.93. The zero-order chi connectivity index (χ0) is 10.3. The van der Waals surface area contributed by atoms with Crippen LogP contribution >= 0.6 is 7.82 Å². The van der Waals surface area contributed by atoms with Gasteiger partial charge in [-0.05, 0) is 12.3 Å². The monoisotopic (exact) mass is 254 g/mol. The Kier molecular flexibility index (Phi) is 18.7. The van der Waals surface area contributed by atoms with Crippen molar-refractivity contribution in [3.05, 3.63) is 0 Å². The van der Waals surface area contributed by atoms with Gasteiger partial charge in [0.05, 0.1) is 14.4 Å². The smallest absolute Gasteiger partial charge is 0.790 e. The SMILES string of the molecule is CC(C)CCCCCOP(=O)([O-])[O-].[Na+].[Na+]. The van der Waals surface area contributed by atoms with Gasteiger partial charge in [-0.2, -0.15) is 0 Å². The molecule has 7 heteroatoms. The maximum absolute atomic E-state index is 10.0. The van der Waals surface area contributed by atoms with Crippen molar-refractivity contribution < 1.29 is 78.0 Å². The Morgan fingerprint density at radius 2 is 1.67 bits per heavy atom. The predicted molar refractivity (Wildman–Crippen MR) is 46.9 cm³/mol. The minimum Gasteiger partial charge on any atom is -0.790 e. The first-order chi connectivity index (χ1) is 5.92. The van der Waals surface area contributed by atoms with Gasteiger partial charge in [-0.1, -0.05) is 33.1 Å². The fraction of sp³-hybridized carbons (Fsp3) is 1.00. The van der Waals surface area contributed by atoms with E-state index in [2.05, 4.69) is 18.4 Å². The van der Waals surface area contributed by atoms with E-state index in [-0.39, 0.29) is 65.7 Å². The van der Waals surface area contributed by atoms with Crippen molar-refractivity contribution in [1.82, 2.24) is 0 Å². The summed E-state index contributed by atoms with van der Waals surface area (Å²) in [5.41, 5.74) is 0. The molecule has 15 heavy (non-hydrogen) atoms. The van der Waals surface area contributed by atoms with Crippen molar-refractivity contribution in [2.24, 2.45) is 5.92 Å². The third-order valence-electron chi connectivity index (χ3n) is 1.68. The van der Waals surface area contributed by atoms with E-state index < -0.39 is 7.82 Å². The summed E-state index contributed by atoms with van der Waals surface area (Å²) in [6.45, 7) is 4.31. The molecule has 0 unspecified atom stereocenters. The Bertz CT molecular complexity index is 172. The van der Waals surface area contributed by atoms with Gasteiger partial charge in [-0.25, -0.2) is 0 Å². The van der Waals surface area contributed by atoms with Gasteiger partial charge < -0.3 is 18.9 Å². The molecule has 0 aromatic carbocycles. The maximum Gasteiger partial charge on any atom is 1.00 e. The van der Waals surface area contributed by atoms with Crippen LogP contribution in [0.3, 0.4) is 0 Å². The number of hydrogen-bond donors (Lipinski definition) is 0. The van der Waals surface area contributed by atoms with E-state index in [1.165, 1.54) is 0 Å². The first-order valence-corrected chi connectivity index (χ1v) is 6.04. The van der Waals surface area contributed by atoms with Crippen LogP contribution in [0.25, 0.3) is 0 Å². The van der Waals surface area contributed by atoms with Crippen LogP contribution in [0.1, 0.15) is 39.5 Å². The van der Waals surface area contributed by atoms with Gasteiger partial charge in [0, 0.05) is 0 Å². The van der Waals surface area contributed by atoms with E-state index in [0.29, 0.717) is 12.3 Å². The summed E-state index contributed by atoms with van der Waals surface area (Å²) in [6, 6.07) is 0. The first-order valence-electron chi connectivity index (χ1n) is 4.58. The molecule has 0 rings (SSSR count). The number of unbranched alkanes of at least 4 members (excludes halogenated alkanes) is 2. The minimum absolute atomic E-state index is 0. The molecule has 0 spiro atoms. The molecule has 0 saturated heterocycles. The van der Waals surface area contributed by atoms with E-state index in [1.54, 1.807) is 0 Å². The van der Waals surface area contributed by atoms with E-state index in [1.807, 2.05) is 0 Å². The summed E-state index contributed by atoms with van der Waals surface area (Å²) in [5.74, 6) is 0.672. The summed E-state index contributed by atoms with van der Waals surface area (Å²) in [5, 5.41) is 0. The minimum atomic E-state index is -4.73. The van der Waals surface area contributed by atoms with Crippen molar-refractivity contribution in [3.63, 3.8) is 0 Å². The molecule has 0 heterocycles. The van der Waals surface area contributed by atoms with Crippen molar-refractivity contribution in [2.45, 2.75) is 39.5 Å². The van der Waals surface area contributed by atoms with Crippen LogP contribution in [0.2, 0.25) is 0 Å². The van der Waals surface area contributed by atoms with Gasteiger partial charge in [0.2, 0.25) is 0 Å². The zero-order valence-corrected chi connectivity index (χ0v) is 15.1. The Balaban J connectivity index is -0.000000720. The number of hydrogen-bond acceptors (Lipinski definition) is 4. The van der Waals surface area contributed by atoms with Crippen LogP contribution in [-0.2, 0) is 9.09 Å². The van der Waals surface area contributed by atoms with Gasteiger partial charge in [0.25, 0.3) is 0 Å². The molecule has 0 radical (unpaired) electrons. The van der Waals surface area contributed by atoms with E-state index in [4.69, 9.17) is 0 Å². The van der Waals surface area contributed by atoms with Crippen molar-refractivity contribution >= 4 is 7.82 Å². The number of phosphoric ester groups is 1. The second kappa shape index (κ2) is 12.6. The Hall–Kier alpha value is 2.11. The molecule has 80 valence electrons. The second-order valence-corrected chi connectivity index (χ2v) is 4.68. The molecule has 0 aromatic rings. The fourth-order valence-electron chi connectivity index (χ4n) is 1.01. The van der Waals surface area contributed by atoms with Crippen LogP contribution in [0.15, 0.2) is 0 Å². The number of phosphoric acid groups is 1. The van der Waals surface area contributed by atoms with Gasteiger partial charge in [-0.15, -0.1) is 0 Å². The normalized spacial score (nSPS) is 10.7. The molecular weight excluding hydrogens is 237 g/mol. The van der Waals surface area contributed by atoms with Crippen LogP contribution in [0.5, 0.6) is 0 Å². The second-order valence-electron chi connectivity index (χ2n) is 3.52. The molecule has 0 fully saturated rings. The molecule has 4 nitrogen and oxygen atoms in total. The average molecular weight is 254 g/mol. The Morgan fingerprint density at radius 3 is 2.07 bits per heavy atom. The van der Waals surface area contributed by atoms with Crippen LogP contribution in [0, 0.1) is 5.92 Å². The maximum atomic E-state index is 10.0. The molecule has 0 aliphatic heterocycles. The van der Waals surface area contributed by atoms with Gasteiger partial charge in [-0.3, -0.25) is 0 Å². The molecule has 0 aliphatic carbocycles. The van der Waals surface area contributed by atoms with Crippen LogP contribution < -0.4 is 68.9 Å². The van der Waals surface area contributed by atoms with Gasteiger partial charge >= 0.3 is 59.1 Å². The third kappa shape index (κ3) is 21.9. The van der Waals surface area contributed by atoms with Crippen LogP contribution in [-0.4, -0.2) is 6.61 Å². The van der Waals surface area contributed by atoms with E-state index >= 15 is 0 Å². The molecule has 0 bridgehead atoms. The Labute approximate surface area is 136 Å². The van der Waals surface area contributed by atoms with Gasteiger partial charge in [0.1, 0.15) is 0 Å².